The van der Waals surface area contributed by atoms with Crippen LogP contribution in [0.4, 0.5) is 5.69 Å². The van der Waals surface area contributed by atoms with Crippen LogP contribution in [0.25, 0.3) is 0 Å². The van der Waals surface area contributed by atoms with Crippen LogP contribution in [-0.2, 0) is 0 Å². The molecule has 0 saturated carbocycles. The number of likely N-dealkylation sites (N-methyl/N-ethyl adjacent to an activating group) is 1. The molecule has 1 heterocycles. The van der Waals surface area contributed by atoms with Crippen molar-refractivity contribution >= 4 is 21.6 Å². The van der Waals surface area contributed by atoms with Crippen molar-refractivity contribution in [3.8, 4) is 0 Å². The summed E-state index contributed by atoms with van der Waals surface area (Å²) in [5, 5.41) is 0. The van der Waals surface area contributed by atoms with Gasteiger partial charge in [-0.3, -0.25) is 0 Å². The van der Waals surface area contributed by atoms with Crippen LogP contribution in [0.2, 0.25) is 0 Å². The highest BCUT2D eigenvalue weighted by molar-refractivity contribution is 9.10. The Morgan fingerprint density at radius 1 is 1.42 bits per heavy atom. The van der Waals surface area contributed by atoms with E-state index in [4.69, 9.17) is 5.73 Å². The van der Waals surface area contributed by atoms with E-state index in [-0.39, 0.29) is 5.54 Å². The molecular formula is C15H24BrN3. The molecule has 0 spiro atoms. The third-order valence-electron chi connectivity index (χ3n) is 4.38. The molecule has 1 saturated heterocycles. The molecule has 0 aliphatic carbocycles. The highest BCUT2D eigenvalue weighted by Gasteiger charge is 2.36. The Balaban J connectivity index is 2.26. The zero-order valence-corrected chi connectivity index (χ0v) is 13.7. The highest BCUT2D eigenvalue weighted by Crippen LogP contribution is 2.31. The highest BCUT2D eigenvalue weighted by atomic mass is 79.9. The number of piperidine rings is 1. The van der Waals surface area contributed by atoms with Gasteiger partial charge in [-0.15, -0.1) is 0 Å². The molecule has 106 valence electrons. The molecule has 1 aliphatic rings. The molecule has 1 aromatic carbocycles. The Bertz CT molecular complexity index is 447. The number of hydrogen-bond acceptors (Lipinski definition) is 3. The van der Waals surface area contributed by atoms with Gasteiger partial charge in [0.1, 0.15) is 0 Å². The Kier molecular flexibility index (Phi) is 4.54. The van der Waals surface area contributed by atoms with Crippen LogP contribution in [0.3, 0.4) is 0 Å². The third-order valence-corrected chi connectivity index (χ3v) is 4.88. The molecule has 0 radical (unpaired) electrons. The topological polar surface area (TPSA) is 32.5 Å². The van der Waals surface area contributed by atoms with Gasteiger partial charge in [-0.2, -0.15) is 0 Å². The number of hydrogen-bond donors (Lipinski definition) is 1. The molecule has 0 bridgehead atoms. The van der Waals surface area contributed by atoms with Gasteiger partial charge in [0.2, 0.25) is 0 Å². The first-order valence-electron chi connectivity index (χ1n) is 6.87. The lowest BCUT2D eigenvalue weighted by Gasteiger charge is -2.47. The molecule has 1 fully saturated rings. The number of anilines is 1. The van der Waals surface area contributed by atoms with Crippen molar-refractivity contribution < 1.29 is 0 Å². The lowest BCUT2D eigenvalue weighted by molar-refractivity contribution is 0.135. The summed E-state index contributed by atoms with van der Waals surface area (Å²) in [5.74, 6) is 0. The van der Waals surface area contributed by atoms with E-state index in [0.717, 1.165) is 17.6 Å². The van der Waals surface area contributed by atoms with Crippen molar-refractivity contribution in [2.24, 2.45) is 5.73 Å². The van der Waals surface area contributed by atoms with Crippen molar-refractivity contribution in [1.82, 2.24) is 4.90 Å². The Labute approximate surface area is 124 Å². The van der Waals surface area contributed by atoms with Crippen molar-refractivity contribution in [2.75, 3.05) is 38.6 Å². The SMILES string of the molecule is Cc1cc(Br)ccc1N1CCCC(CN)(N(C)C)C1. The van der Waals surface area contributed by atoms with E-state index in [9.17, 15) is 0 Å². The smallest absolute Gasteiger partial charge is 0.0501 e. The lowest BCUT2D eigenvalue weighted by Crippen LogP contribution is -2.60. The van der Waals surface area contributed by atoms with Crippen LogP contribution in [0.15, 0.2) is 22.7 Å². The quantitative estimate of drug-likeness (QED) is 0.927. The average molecular weight is 326 g/mol. The van der Waals surface area contributed by atoms with Crippen LogP contribution in [-0.4, -0.2) is 44.2 Å². The summed E-state index contributed by atoms with van der Waals surface area (Å²) < 4.78 is 1.14. The number of halogens is 1. The minimum Gasteiger partial charge on any atom is -0.369 e. The van der Waals surface area contributed by atoms with Gasteiger partial charge in [0.25, 0.3) is 0 Å². The van der Waals surface area contributed by atoms with Crippen molar-refractivity contribution in [3.05, 3.63) is 28.2 Å². The van der Waals surface area contributed by atoms with Crippen molar-refractivity contribution in [3.63, 3.8) is 0 Å². The molecule has 3 nitrogen and oxygen atoms in total. The number of nitrogens with two attached hydrogens (primary N) is 1. The largest absolute Gasteiger partial charge is 0.369 e. The fraction of sp³-hybridized carbons (Fsp3) is 0.600. The van der Waals surface area contributed by atoms with Crippen LogP contribution in [0.5, 0.6) is 0 Å². The summed E-state index contributed by atoms with van der Waals surface area (Å²) in [6.07, 6.45) is 2.38. The molecule has 2 N–H and O–H groups in total. The monoisotopic (exact) mass is 325 g/mol. The second kappa shape index (κ2) is 5.81. The number of rotatable bonds is 3. The summed E-state index contributed by atoms with van der Waals surface area (Å²) in [7, 11) is 4.29. The molecule has 1 aliphatic heterocycles. The minimum atomic E-state index is 0.109. The third kappa shape index (κ3) is 2.96. The van der Waals surface area contributed by atoms with Gasteiger partial charge in [-0.1, -0.05) is 15.9 Å². The summed E-state index contributed by atoms with van der Waals surface area (Å²) in [6, 6.07) is 6.52. The average Bonchev–Trinajstić information content (AvgIpc) is 2.38. The summed E-state index contributed by atoms with van der Waals surface area (Å²) in [6.45, 7) is 5.03. The van der Waals surface area contributed by atoms with Gasteiger partial charge in [-0.25, -0.2) is 0 Å². The zero-order chi connectivity index (χ0) is 14.0. The van der Waals surface area contributed by atoms with Gasteiger partial charge in [0.05, 0.1) is 5.54 Å². The Morgan fingerprint density at radius 2 is 2.16 bits per heavy atom. The van der Waals surface area contributed by atoms with Crippen molar-refractivity contribution in [1.29, 1.82) is 0 Å². The fourth-order valence-electron chi connectivity index (χ4n) is 3.01. The second-order valence-corrected chi connectivity index (χ2v) is 6.69. The van der Waals surface area contributed by atoms with E-state index in [1.807, 2.05) is 0 Å². The maximum Gasteiger partial charge on any atom is 0.0501 e. The molecule has 0 amide bonds. The molecule has 1 aromatic rings. The predicted octanol–water partition coefficient (Wildman–Crippen LogP) is 2.62. The predicted molar refractivity (Wildman–Crippen MR) is 85.8 cm³/mol. The molecular weight excluding hydrogens is 302 g/mol. The maximum absolute atomic E-state index is 6.07. The van der Waals surface area contributed by atoms with Gasteiger partial charge >= 0.3 is 0 Å². The maximum atomic E-state index is 6.07. The first-order valence-corrected chi connectivity index (χ1v) is 7.66. The Hall–Kier alpha value is -0.580. The first-order chi connectivity index (χ1) is 8.98. The Morgan fingerprint density at radius 3 is 2.74 bits per heavy atom. The molecule has 2 rings (SSSR count). The number of benzene rings is 1. The van der Waals surface area contributed by atoms with Crippen LogP contribution in [0.1, 0.15) is 18.4 Å². The fourth-order valence-corrected chi connectivity index (χ4v) is 3.48. The minimum absolute atomic E-state index is 0.109. The van der Waals surface area contributed by atoms with Gasteiger partial charge in [-0.05, 0) is 57.6 Å². The molecule has 1 unspecified atom stereocenters. The van der Waals surface area contributed by atoms with Gasteiger partial charge in [0.15, 0.2) is 0 Å². The molecule has 1 atom stereocenters. The van der Waals surface area contributed by atoms with E-state index in [1.165, 1.54) is 24.1 Å². The van der Waals surface area contributed by atoms with E-state index in [0.29, 0.717) is 6.54 Å². The molecule has 4 heteroatoms. The van der Waals surface area contributed by atoms with E-state index >= 15 is 0 Å². The zero-order valence-electron chi connectivity index (χ0n) is 12.1. The first kappa shape index (κ1) is 14.8. The molecule has 0 aromatic heterocycles. The number of nitrogens with zero attached hydrogens (tertiary/aromatic N) is 2. The standard InChI is InChI=1S/C15H24BrN3/c1-12-9-13(16)5-6-14(12)19-8-4-7-15(10-17,11-19)18(2)3/h5-6,9H,4,7-8,10-11,17H2,1-3H3. The summed E-state index contributed by atoms with van der Waals surface area (Å²) in [4.78, 5) is 4.78. The summed E-state index contributed by atoms with van der Waals surface area (Å²) in [5.41, 5.74) is 8.83. The molecule has 19 heavy (non-hydrogen) atoms. The van der Waals surface area contributed by atoms with E-state index in [1.54, 1.807) is 0 Å². The second-order valence-electron chi connectivity index (χ2n) is 5.78. The van der Waals surface area contributed by atoms with E-state index in [2.05, 4.69) is 64.9 Å². The lowest BCUT2D eigenvalue weighted by atomic mass is 9.87. The summed E-state index contributed by atoms with van der Waals surface area (Å²) >= 11 is 3.53. The normalized spacial score (nSPS) is 24.0. The van der Waals surface area contributed by atoms with Crippen LogP contribution in [0, 0.1) is 6.92 Å². The van der Waals surface area contributed by atoms with Gasteiger partial charge in [0, 0.05) is 29.8 Å². The van der Waals surface area contributed by atoms with Gasteiger partial charge < -0.3 is 15.5 Å². The van der Waals surface area contributed by atoms with Crippen molar-refractivity contribution in [2.45, 2.75) is 25.3 Å². The van der Waals surface area contributed by atoms with Crippen LogP contribution >= 0.6 is 15.9 Å². The number of aryl methyl sites for hydroxylation is 1. The van der Waals surface area contributed by atoms with Crippen LogP contribution < -0.4 is 10.6 Å². The van der Waals surface area contributed by atoms with E-state index < -0.39 is 0 Å².